The molecule has 1 saturated heterocycles. The lowest BCUT2D eigenvalue weighted by molar-refractivity contribution is -0.384. The Morgan fingerprint density at radius 3 is 2.65 bits per heavy atom. The highest BCUT2D eigenvalue weighted by atomic mass is 16.6. The predicted molar refractivity (Wildman–Crippen MR) is 83.2 cm³/mol. The Bertz CT molecular complexity index is 587. The van der Waals surface area contributed by atoms with Gasteiger partial charge in [0.2, 0.25) is 5.91 Å². The van der Waals surface area contributed by atoms with Gasteiger partial charge < -0.3 is 15.3 Å². The van der Waals surface area contributed by atoms with Crippen LogP contribution in [0.5, 0.6) is 0 Å². The van der Waals surface area contributed by atoms with E-state index in [1.807, 2.05) is 0 Å². The van der Waals surface area contributed by atoms with Crippen molar-refractivity contribution in [3.63, 3.8) is 0 Å². The van der Waals surface area contributed by atoms with Crippen LogP contribution in [0, 0.1) is 10.1 Å². The summed E-state index contributed by atoms with van der Waals surface area (Å²) in [5.74, 6) is -1.08. The van der Waals surface area contributed by atoms with Gasteiger partial charge in [-0.2, -0.15) is 0 Å². The number of hydrogen-bond acceptors (Lipinski definition) is 5. The molecule has 124 valence electrons. The van der Waals surface area contributed by atoms with E-state index in [2.05, 4.69) is 5.32 Å². The summed E-state index contributed by atoms with van der Waals surface area (Å²) in [5, 5.41) is 22.7. The molecule has 2 rings (SSSR count). The number of carbonyl (C=O) groups is 2. The zero-order valence-corrected chi connectivity index (χ0v) is 12.6. The van der Waals surface area contributed by atoms with Crippen LogP contribution in [-0.2, 0) is 9.59 Å². The number of nitro benzene ring substituents is 1. The van der Waals surface area contributed by atoms with Gasteiger partial charge in [-0.1, -0.05) is 0 Å². The molecule has 0 saturated carbocycles. The largest absolute Gasteiger partial charge is 0.480 e. The minimum atomic E-state index is -0.945. The molecule has 1 amide bonds. The van der Waals surface area contributed by atoms with Gasteiger partial charge in [-0.05, 0) is 31.4 Å². The molecule has 1 atom stereocenters. The Labute approximate surface area is 133 Å². The van der Waals surface area contributed by atoms with Gasteiger partial charge in [0.15, 0.2) is 0 Å². The highest BCUT2D eigenvalue weighted by molar-refractivity contribution is 5.84. The van der Waals surface area contributed by atoms with Gasteiger partial charge in [-0.15, -0.1) is 0 Å². The summed E-state index contributed by atoms with van der Waals surface area (Å²) in [6, 6.07) is 5.36. The zero-order chi connectivity index (χ0) is 16.8. The fraction of sp³-hybridized carbons (Fsp3) is 0.467. The van der Waals surface area contributed by atoms with E-state index >= 15 is 0 Å². The first kappa shape index (κ1) is 16.7. The number of non-ortho nitro benzene ring substituents is 1. The maximum Gasteiger partial charge on any atom is 0.326 e. The van der Waals surface area contributed by atoms with Gasteiger partial charge >= 0.3 is 5.97 Å². The summed E-state index contributed by atoms with van der Waals surface area (Å²) in [5.41, 5.74) is 0.770. The smallest absolute Gasteiger partial charge is 0.326 e. The molecule has 1 aliphatic heterocycles. The molecule has 1 fully saturated rings. The summed E-state index contributed by atoms with van der Waals surface area (Å²) < 4.78 is 0. The normalized spacial score (nSPS) is 17.0. The second kappa shape index (κ2) is 7.57. The fourth-order valence-electron chi connectivity index (χ4n) is 2.64. The molecule has 8 nitrogen and oxygen atoms in total. The average molecular weight is 321 g/mol. The van der Waals surface area contributed by atoms with Crippen LogP contribution < -0.4 is 5.32 Å². The lowest BCUT2D eigenvalue weighted by Gasteiger charge is -2.21. The molecule has 0 spiro atoms. The van der Waals surface area contributed by atoms with Crippen LogP contribution >= 0.6 is 0 Å². The Kier molecular flexibility index (Phi) is 5.51. The third-order valence-corrected chi connectivity index (χ3v) is 3.83. The van der Waals surface area contributed by atoms with Crippen LogP contribution in [0.15, 0.2) is 24.3 Å². The monoisotopic (exact) mass is 321 g/mol. The molecule has 0 aliphatic carbocycles. The van der Waals surface area contributed by atoms with Gasteiger partial charge in [0.1, 0.15) is 6.04 Å². The predicted octanol–water partition coefficient (Wildman–Crippen LogP) is 1.86. The first-order valence-corrected chi connectivity index (χ1v) is 7.49. The molecule has 0 radical (unpaired) electrons. The van der Waals surface area contributed by atoms with Gasteiger partial charge in [0.05, 0.1) is 4.92 Å². The molecular formula is C15H19N3O5. The van der Waals surface area contributed by atoms with Crippen molar-refractivity contribution in [2.75, 3.05) is 18.4 Å². The number of likely N-dealkylation sites (tertiary alicyclic amines) is 1. The van der Waals surface area contributed by atoms with Gasteiger partial charge in [-0.25, -0.2) is 4.79 Å². The van der Waals surface area contributed by atoms with Crippen molar-refractivity contribution in [2.45, 2.75) is 31.7 Å². The second-order valence-electron chi connectivity index (χ2n) is 5.42. The third-order valence-electron chi connectivity index (χ3n) is 3.83. The number of carboxylic acid groups (broad SMARTS) is 1. The van der Waals surface area contributed by atoms with Crippen LogP contribution in [0.2, 0.25) is 0 Å². The van der Waals surface area contributed by atoms with Crippen molar-refractivity contribution >= 4 is 23.3 Å². The van der Waals surface area contributed by atoms with Gasteiger partial charge in [0, 0.05) is 37.3 Å². The third kappa shape index (κ3) is 4.41. The fourth-order valence-corrected chi connectivity index (χ4v) is 2.64. The second-order valence-corrected chi connectivity index (χ2v) is 5.42. The quantitative estimate of drug-likeness (QED) is 0.450. The highest BCUT2D eigenvalue weighted by Gasteiger charge is 2.33. The van der Waals surface area contributed by atoms with Gasteiger partial charge in [-0.3, -0.25) is 14.9 Å². The van der Waals surface area contributed by atoms with E-state index in [1.165, 1.54) is 17.0 Å². The molecule has 0 aromatic heterocycles. The standard InChI is InChI=1S/C15H19N3O5/c19-14(17-10-2-3-13(17)15(20)21)4-1-9-16-11-5-7-12(8-6-11)18(22)23/h5-8,13,16H,1-4,9-10H2,(H,20,21)/t13-/m1/s1. The number of hydrogen-bond donors (Lipinski definition) is 2. The SMILES string of the molecule is O=C(O)[C@H]1CCCN1C(=O)CCCNc1ccc([N+](=O)[O-])cc1. The number of anilines is 1. The van der Waals surface area contributed by atoms with Crippen molar-refractivity contribution in [3.05, 3.63) is 34.4 Å². The van der Waals surface area contributed by atoms with Gasteiger partial charge in [0.25, 0.3) is 5.69 Å². The Balaban J connectivity index is 1.73. The maximum absolute atomic E-state index is 12.1. The van der Waals surface area contributed by atoms with Crippen molar-refractivity contribution in [1.29, 1.82) is 0 Å². The summed E-state index contributed by atoms with van der Waals surface area (Å²) in [7, 11) is 0. The van der Waals surface area contributed by atoms with Crippen LogP contribution in [0.3, 0.4) is 0 Å². The van der Waals surface area contributed by atoms with E-state index in [4.69, 9.17) is 5.11 Å². The topological polar surface area (TPSA) is 113 Å². The summed E-state index contributed by atoms with van der Waals surface area (Å²) >= 11 is 0. The number of nitro groups is 1. The Morgan fingerprint density at radius 1 is 1.35 bits per heavy atom. The number of nitrogens with one attached hydrogen (secondary N) is 1. The van der Waals surface area contributed by atoms with E-state index in [1.54, 1.807) is 12.1 Å². The minimum absolute atomic E-state index is 0.0273. The van der Waals surface area contributed by atoms with Crippen molar-refractivity contribution in [3.8, 4) is 0 Å². The van der Waals surface area contributed by atoms with Crippen molar-refractivity contribution in [1.82, 2.24) is 4.90 Å². The van der Waals surface area contributed by atoms with Crippen molar-refractivity contribution in [2.24, 2.45) is 0 Å². The van der Waals surface area contributed by atoms with E-state index in [0.717, 1.165) is 12.1 Å². The molecule has 23 heavy (non-hydrogen) atoms. The number of rotatable bonds is 7. The molecular weight excluding hydrogens is 302 g/mol. The molecule has 1 aromatic rings. The number of carboxylic acids is 1. The number of aliphatic carboxylic acids is 1. The zero-order valence-electron chi connectivity index (χ0n) is 12.6. The highest BCUT2D eigenvalue weighted by Crippen LogP contribution is 2.19. The van der Waals surface area contributed by atoms with Crippen LogP contribution in [0.4, 0.5) is 11.4 Å². The molecule has 1 heterocycles. The Hall–Kier alpha value is -2.64. The Morgan fingerprint density at radius 2 is 2.04 bits per heavy atom. The van der Waals surface area contributed by atoms with E-state index in [-0.39, 0.29) is 18.0 Å². The minimum Gasteiger partial charge on any atom is -0.480 e. The number of benzene rings is 1. The van der Waals surface area contributed by atoms with Crippen molar-refractivity contribution < 1.29 is 19.6 Å². The van der Waals surface area contributed by atoms with Crippen LogP contribution in [0.1, 0.15) is 25.7 Å². The summed E-state index contributed by atoms with van der Waals surface area (Å²) in [4.78, 5) is 34.6. The molecule has 8 heteroatoms. The van der Waals surface area contributed by atoms with E-state index in [9.17, 15) is 19.7 Å². The average Bonchev–Trinajstić information content (AvgIpc) is 3.01. The van der Waals surface area contributed by atoms with Crippen LogP contribution in [-0.4, -0.2) is 45.9 Å². The molecule has 1 aromatic carbocycles. The lowest BCUT2D eigenvalue weighted by atomic mass is 10.2. The molecule has 2 N–H and O–H groups in total. The first-order chi connectivity index (χ1) is 11.0. The summed E-state index contributed by atoms with van der Waals surface area (Å²) in [6.07, 6.45) is 2.09. The lowest BCUT2D eigenvalue weighted by Crippen LogP contribution is -2.40. The van der Waals surface area contributed by atoms with E-state index in [0.29, 0.717) is 25.9 Å². The maximum atomic E-state index is 12.1. The first-order valence-electron chi connectivity index (χ1n) is 7.49. The number of amides is 1. The number of carbonyl (C=O) groups excluding carboxylic acids is 1. The molecule has 1 aliphatic rings. The van der Waals surface area contributed by atoms with Crippen LogP contribution in [0.25, 0.3) is 0 Å². The number of nitrogens with zero attached hydrogens (tertiary/aromatic N) is 2. The summed E-state index contributed by atoms with van der Waals surface area (Å²) in [6.45, 7) is 1.04. The molecule has 0 bridgehead atoms. The van der Waals surface area contributed by atoms with E-state index < -0.39 is 16.9 Å². The molecule has 0 unspecified atom stereocenters.